The van der Waals surface area contributed by atoms with Gasteiger partial charge in [0.05, 0.1) is 5.52 Å². The van der Waals surface area contributed by atoms with Gasteiger partial charge in [-0.15, -0.1) is 0 Å². The SMILES string of the molecule is COC1CN(c2nc3ccccc3cc2CBr)CC1OC. The number of para-hydroxylation sites is 1. The van der Waals surface area contributed by atoms with Crippen molar-refractivity contribution in [3.63, 3.8) is 0 Å². The zero-order valence-electron chi connectivity index (χ0n) is 12.3. The van der Waals surface area contributed by atoms with Crippen LogP contribution in [0.5, 0.6) is 0 Å². The third kappa shape index (κ3) is 2.78. The summed E-state index contributed by atoms with van der Waals surface area (Å²) in [6, 6.07) is 10.4. The lowest BCUT2D eigenvalue weighted by Gasteiger charge is -2.20. The molecule has 2 heterocycles. The van der Waals surface area contributed by atoms with Crippen LogP contribution in [0.15, 0.2) is 30.3 Å². The van der Waals surface area contributed by atoms with Crippen molar-refractivity contribution < 1.29 is 9.47 Å². The van der Waals surface area contributed by atoms with E-state index in [1.54, 1.807) is 14.2 Å². The average molecular weight is 351 g/mol. The van der Waals surface area contributed by atoms with Crippen LogP contribution in [0, 0.1) is 0 Å². The number of benzene rings is 1. The molecule has 0 saturated carbocycles. The zero-order valence-corrected chi connectivity index (χ0v) is 13.8. The molecule has 0 spiro atoms. The molecule has 1 fully saturated rings. The van der Waals surface area contributed by atoms with Crippen LogP contribution in [0.4, 0.5) is 5.82 Å². The van der Waals surface area contributed by atoms with Crippen molar-refractivity contribution in [2.24, 2.45) is 0 Å². The Bertz CT molecular complexity index is 623. The molecule has 2 atom stereocenters. The molecule has 0 amide bonds. The number of ether oxygens (including phenoxy) is 2. The number of anilines is 1. The second kappa shape index (κ2) is 6.30. The number of alkyl halides is 1. The standard InChI is InChI=1S/C16H19BrN2O2/c1-20-14-9-19(10-15(14)21-2)16-12(8-17)7-11-5-3-4-6-13(11)18-16/h3-7,14-15H,8-10H2,1-2H3. The molecule has 0 N–H and O–H groups in total. The van der Waals surface area contributed by atoms with Gasteiger partial charge in [0.25, 0.3) is 0 Å². The smallest absolute Gasteiger partial charge is 0.133 e. The summed E-state index contributed by atoms with van der Waals surface area (Å²) in [5.41, 5.74) is 2.22. The van der Waals surface area contributed by atoms with Crippen LogP contribution >= 0.6 is 15.9 Å². The van der Waals surface area contributed by atoms with Gasteiger partial charge in [-0.05, 0) is 12.1 Å². The summed E-state index contributed by atoms with van der Waals surface area (Å²) < 4.78 is 11.0. The van der Waals surface area contributed by atoms with Gasteiger partial charge in [-0.3, -0.25) is 0 Å². The van der Waals surface area contributed by atoms with Crippen LogP contribution in [0.1, 0.15) is 5.56 Å². The molecule has 5 heteroatoms. The van der Waals surface area contributed by atoms with E-state index in [-0.39, 0.29) is 12.2 Å². The van der Waals surface area contributed by atoms with Gasteiger partial charge in [0.15, 0.2) is 0 Å². The summed E-state index contributed by atoms with van der Waals surface area (Å²) in [4.78, 5) is 7.11. The van der Waals surface area contributed by atoms with Crippen LogP contribution in [-0.2, 0) is 14.8 Å². The molecule has 1 aromatic heterocycles. The Balaban J connectivity index is 1.99. The topological polar surface area (TPSA) is 34.6 Å². The summed E-state index contributed by atoms with van der Waals surface area (Å²) in [7, 11) is 3.47. The second-order valence-corrected chi connectivity index (χ2v) is 5.81. The monoisotopic (exact) mass is 350 g/mol. The minimum atomic E-state index is 0.0893. The summed E-state index contributed by atoms with van der Waals surface area (Å²) in [5, 5.41) is 1.95. The third-order valence-electron chi connectivity index (χ3n) is 4.04. The minimum Gasteiger partial charge on any atom is -0.377 e. The summed E-state index contributed by atoms with van der Waals surface area (Å²) in [6.07, 6.45) is 0.179. The molecule has 1 aromatic carbocycles. The Morgan fingerprint density at radius 1 is 1.19 bits per heavy atom. The highest BCUT2D eigenvalue weighted by Gasteiger charge is 2.34. The van der Waals surface area contributed by atoms with E-state index in [0.717, 1.165) is 29.8 Å². The lowest BCUT2D eigenvalue weighted by molar-refractivity contribution is -0.00461. The maximum atomic E-state index is 5.52. The molecule has 0 aliphatic carbocycles. The normalized spacial score (nSPS) is 22.1. The minimum absolute atomic E-state index is 0.0893. The van der Waals surface area contributed by atoms with E-state index in [9.17, 15) is 0 Å². The Morgan fingerprint density at radius 2 is 1.86 bits per heavy atom. The predicted octanol–water partition coefficient (Wildman–Crippen LogP) is 2.98. The van der Waals surface area contributed by atoms with Crippen LogP contribution < -0.4 is 4.90 Å². The molecule has 1 aliphatic heterocycles. The quantitative estimate of drug-likeness (QED) is 0.794. The highest BCUT2D eigenvalue weighted by Crippen LogP contribution is 2.29. The number of fused-ring (bicyclic) bond motifs is 1. The number of methoxy groups -OCH3 is 2. The van der Waals surface area contributed by atoms with Crippen molar-refractivity contribution in [3.05, 3.63) is 35.9 Å². The van der Waals surface area contributed by atoms with Crippen LogP contribution in [-0.4, -0.2) is 44.5 Å². The third-order valence-corrected chi connectivity index (χ3v) is 4.65. The lowest BCUT2D eigenvalue weighted by Crippen LogP contribution is -2.27. The summed E-state index contributed by atoms with van der Waals surface area (Å²) in [5.74, 6) is 1.02. The Hall–Kier alpha value is -1.17. The molecule has 21 heavy (non-hydrogen) atoms. The van der Waals surface area contributed by atoms with Gasteiger partial charge in [-0.2, -0.15) is 0 Å². The van der Waals surface area contributed by atoms with Gasteiger partial charge in [0.2, 0.25) is 0 Å². The van der Waals surface area contributed by atoms with Crippen LogP contribution in [0.25, 0.3) is 10.9 Å². The first-order valence-corrected chi connectivity index (χ1v) is 8.14. The van der Waals surface area contributed by atoms with Gasteiger partial charge in [0.1, 0.15) is 18.0 Å². The Morgan fingerprint density at radius 3 is 2.48 bits per heavy atom. The van der Waals surface area contributed by atoms with Gasteiger partial charge in [-0.1, -0.05) is 34.1 Å². The molecule has 1 aliphatic rings. The lowest BCUT2D eigenvalue weighted by atomic mass is 10.1. The maximum Gasteiger partial charge on any atom is 0.133 e. The van der Waals surface area contributed by atoms with E-state index in [0.29, 0.717) is 0 Å². The number of rotatable bonds is 4. The molecule has 2 aromatic rings. The fourth-order valence-corrected chi connectivity index (χ4v) is 3.30. The van der Waals surface area contributed by atoms with Crippen molar-refractivity contribution >= 4 is 32.7 Å². The van der Waals surface area contributed by atoms with E-state index in [1.807, 2.05) is 12.1 Å². The van der Waals surface area contributed by atoms with Crippen molar-refractivity contribution in [1.82, 2.24) is 4.98 Å². The van der Waals surface area contributed by atoms with E-state index < -0.39 is 0 Å². The fraction of sp³-hybridized carbons (Fsp3) is 0.438. The van der Waals surface area contributed by atoms with E-state index >= 15 is 0 Å². The maximum absolute atomic E-state index is 5.52. The van der Waals surface area contributed by atoms with Crippen molar-refractivity contribution in [3.8, 4) is 0 Å². The number of aromatic nitrogens is 1. The van der Waals surface area contributed by atoms with Gasteiger partial charge < -0.3 is 14.4 Å². The fourth-order valence-electron chi connectivity index (χ4n) is 2.89. The molecular formula is C16H19BrN2O2. The van der Waals surface area contributed by atoms with Crippen molar-refractivity contribution in [1.29, 1.82) is 0 Å². The first-order valence-electron chi connectivity index (χ1n) is 7.02. The summed E-state index contributed by atoms with van der Waals surface area (Å²) >= 11 is 3.58. The molecule has 0 bridgehead atoms. The summed E-state index contributed by atoms with van der Waals surface area (Å²) in [6.45, 7) is 1.61. The molecule has 0 radical (unpaired) electrons. The molecule has 4 nitrogen and oxygen atoms in total. The van der Waals surface area contributed by atoms with Crippen molar-refractivity contribution in [2.45, 2.75) is 17.5 Å². The number of pyridine rings is 1. The first-order chi connectivity index (χ1) is 10.3. The first kappa shape index (κ1) is 14.8. The number of hydrogen-bond donors (Lipinski definition) is 0. The molecule has 2 unspecified atom stereocenters. The number of hydrogen-bond acceptors (Lipinski definition) is 4. The van der Waals surface area contributed by atoms with E-state index in [4.69, 9.17) is 14.5 Å². The molecule has 112 valence electrons. The van der Waals surface area contributed by atoms with Gasteiger partial charge in [0, 0.05) is 43.6 Å². The van der Waals surface area contributed by atoms with Crippen molar-refractivity contribution in [2.75, 3.05) is 32.2 Å². The highest BCUT2D eigenvalue weighted by molar-refractivity contribution is 9.08. The second-order valence-electron chi connectivity index (χ2n) is 5.25. The highest BCUT2D eigenvalue weighted by atomic mass is 79.9. The Labute approximate surface area is 133 Å². The van der Waals surface area contributed by atoms with Crippen LogP contribution in [0.3, 0.4) is 0 Å². The number of halogens is 1. The predicted molar refractivity (Wildman–Crippen MR) is 88.2 cm³/mol. The van der Waals surface area contributed by atoms with Gasteiger partial charge in [-0.25, -0.2) is 4.98 Å². The molecule has 1 saturated heterocycles. The van der Waals surface area contributed by atoms with Crippen LogP contribution in [0.2, 0.25) is 0 Å². The zero-order chi connectivity index (χ0) is 14.8. The van der Waals surface area contributed by atoms with Gasteiger partial charge >= 0.3 is 0 Å². The number of nitrogens with zero attached hydrogens (tertiary/aromatic N) is 2. The largest absolute Gasteiger partial charge is 0.377 e. The molecular weight excluding hydrogens is 332 g/mol. The molecule has 3 rings (SSSR count). The van der Waals surface area contributed by atoms with E-state index in [2.05, 4.69) is 39.0 Å². The average Bonchev–Trinajstić information content (AvgIpc) is 2.96. The Kier molecular flexibility index (Phi) is 4.42. The van der Waals surface area contributed by atoms with E-state index in [1.165, 1.54) is 10.9 Å².